The number of hydrogen-bond donors (Lipinski definition) is 1. The first-order chi connectivity index (χ1) is 8.70. The Kier molecular flexibility index (Phi) is 3.01. The number of nitrogens with zero attached hydrogens (tertiary/aromatic N) is 1. The molecule has 100 valence electrons. The molecular formula is C13H20N2O3. The SMILES string of the molecule is O=C1CN(CC2CCOC2)C(=O)C2(CCCC2)N1. The van der Waals surface area contributed by atoms with Crippen molar-refractivity contribution in [2.75, 3.05) is 26.3 Å². The second-order valence-corrected chi connectivity index (χ2v) is 5.75. The number of carbonyl (C=O) groups excluding carboxylic acids is 2. The Morgan fingerprint density at radius 1 is 1.33 bits per heavy atom. The zero-order valence-corrected chi connectivity index (χ0v) is 10.6. The summed E-state index contributed by atoms with van der Waals surface area (Å²) < 4.78 is 5.34. The molecule has 0 radical (unpaired) electrons. The van der Waals surface area contributed by atoms with Gasteiger partial charge in [0, 0.05) is 19.1 Å². The highest BCUT2D eigenvalue weighted by Crippen LogP contribution is 2.33. The molecule has 2 heterocycles. The predicted octanol–water partition coefficient (Wildman–Crippen LogP) is 0.294. The number of hydrogen-bond acceptors (Lipinski definition) is 3. The van der Waals surface area contributed by atoms with Crippen LogP contribution in [0, 0.1) is 5.92 Å². The molecule has 0 aromatic rings. The van der Waals surface area contributed by atoms with Crippen molar-refractivity contribution in [3.63, 3.8) is 0 Å². The molecule has 1 N–H and O–H groups in total. The third-order valence-corrected chi connectivity index (χ3v) is 4.37. The first-order valence-electron chi connectivity index (χ1n) is 6.88. The lowest BCUT2D eigenvalue weighted by molar-refractivity contribution is -0.150. The molecule has 0 bridgehead atoms. The lowest BCUT2D eigenvalue weighted by Crippen LogP contribution is -2.66. The summed E-state index contributed by atoms with van der Waals surface area (Å²) in [6.07, 6.45) is 4.67. The maximum Gasteiger partial charge on any atom is 0.248 e. The molecule has 0 aromatic carbocycles. The smallest absolute Gasteiger partial charge is 0.248 e. The van der Waals surface area contributed by atoms with Crippen molar-refractivity contribution in [1.29, 1.82) is 0 Å². The van der Waals surface area contributed by atoms with Gasteiger partial charge in [-0.1, -0.05) is 12.8 Å². The Morgan fingerprint density at radius 3 is 2.78 bits per heavy atom. The van der Waals surface area contributed by atoms with E-state index >= 15 is 0 Å². The fraction of sp³-hybridized carbons (Fsp3) is 0.846. The van der Waals surface area contributed by atoms with Crippen LogP contribution in [0.3, 0.4) is 0 Å². The molecule has 2 amide bonds. The van der Waals surface area contributed by atoms with Gasteiger partial charge in [-0.15, -0.1) is 0 Å². The van der Waals surface area contributed by atoms with Crippen molar-refractivity contribution < 1.29 is 14.3 Å². The molecular weight excluding hydrogens is 232 g/mol. The molecule has 5 heteroatoms. The Morgan fingerprint density at radius 2 is 2.11 bits per heavy atom. The molecule has 1 spiro atoms. The lowest BCUT2D eigenvalue weighted by atomic mass is 9.92. The Hall–Kier alpha value is -1.10. The average molecular weight is 252 g/mol. The van der Waals surface area contributed by atoms with Gasteiger partial charge in [-0.2, -0.15) is 0 Å². The number of rotatable bonds is 2. The van der Waals surface area contributed by atoms with Crippen LogP contribution in [0.5, 0.6) is 0 Å². The summed E-state index contributed by atoms with van der Waals surface area (Å²) in [6, 6.07) is 0. The van der Waals surface area contributed by atoms with Gasteiger partial charge >= 0.3 is 0 Å². The number of ether oxygens (including phenoxy) is 1. The van der Waals surface area contributed by atoms with Crippen molar-refractivity contribution in [1.82, 2.24) is 10.2 Å². The van der Waals surface area contributed by atoms with Crippen molar-refractivity contribution in [3.05, 3.63) is 0 Å². The molecule has 3 fully saturated rings. The highest BCUT2D eigenvalue weighted by atomic mass is 16.5. The highest BCUT2D eigenvalue weighted by molar-refractivity contribution is 5.98. The van der Waals surface area contributed by atoms with Crippen LogP contribution in [0.2, 0.25) is 0 Å². The minimum Gasteiger partial charge on any atom is -0.381 e. The van der Waals surface area contributed by atoms with Crippen molar-refractivity contribution in [3.8, 4) is 0 Å². The number of carbonyl (C=O) groups is 2. The maximum absolute atomic E-state index is 12.6. The third-order valence-electron chi connectivity index (χ3n) is 4.37. The zero-order valence-electron chi connectivity index (χ0n) is 10.6. The van der Waals surface area contributed by atoms with Gasteiger partial charge in [0.25, 0.3) is 0 Å². The second kappa shape index (κ2) is 4.53. The topological polar surface area (TPSA) is 58.6 Å². The summed E-state index contributed by atoms with van der Waals surface area (Å²) in [5.41, 5.74) is -0.575. The fourth-order valence-electron chi connectivity index (χ4n) is 3.41. The standard InChI is InChI=1S/C13H20N2O3/c16-11-8-15(7-10-3-6-18-9-10)12(17)13(14-11)4-1-2-5-13/h10H,1-9H2,(H,14,16). The van der Waals surface area contributed by atoms with Gasteiger partial charge in [-0.05, 0) is 19.3 Å². The third kappa shape index (κ3) is 2.00. The monoisotopic (exact) mass is 252 g/mol. The maximum atomic E-state index is 12.6. The van der Waals surface area contributed by atoms with Crippen LogP contribution in [-0.4, -0.2) is 48.6 Å². The van der Waals surface area contributed by atoms with E-state index < -0.39 is 5.54 Å². The summed E-state index contributed by atoms with van der Waals surface area (Å²) in [5.74, 6) is 0.528. The minimum absolute atomic E-state index is 0.00425. The van der Waals surface area contributed by atoms with Gasteiger partial charge in [-0.25, -0.2) is 0 Å². The van der Waals surface area contributed by atoms with E-state index in [1.165, 1.54) is 0 Å². The Labute approximate surface area is 107 Å². The van der Waals surface area contributed by atoms with Crippen molar-refractivity contribution in [2.45, 2.75) is 37.6 Å². The quantitative estimate of drug-likeness (QED) is 0.768. The summed E-state index contributed by atoms with van der Waals surface area (Å²) >= 11 is 0. The van der Waals surface area contributed by atoms with Gasteiger partial charge in [-0.3, -0.25) is 9.59 Å². The van der Waals surface area contributed by atoms with Crippen LogP contribution >= 0.6 is 0 Å². The molecule has 2 aliphatic heterocycles. The summed E-state index contributed by atoms with van der Waals surface area (Å²) in [7, 11) is 0. The number of amides is 2. The molecule has 2 saturated heterocycles. The minimum atomic E-state index is -0.575. The van der Waals surface area contributed by atoms with E-state index in [9.17, 15) is 9.59 Å². The molecule has 5 nitrogen and oxygen atoms in total. The second-order valence-electron chi connectivity index (χ2n) is 5.75. The van der Waals surface area contributed by atoms with Crippen LogP contribution < -0.4 is 5.32 Å². The average Bonchev–Trinajstić information content (AvgIpc) is 2.97. The summed E-state index contributed by atoms with van der Waals surface area (Å²) in [6.45, 7) is 2.40. The van der Waals surface area contributed by atoms with Gasteiger partial charge in [0.15, 0.2) is 0 Å². The van der Waals surface area contributed by atoms with Crippen LogP contribution in [0.25, 0.3) is 0 Å². The highest BCUT2D eigenvalue weighted by Gasteiger charge is 2.48. The molecule has 18 heavy (non-hydrogen) atoms. The van der Waals surface area contributed by atoms with Crippen molar-refractivity contribution >= 4 is 11.8 Å². The van der Waals surface area contributed by atoms with E-state index in [0.29, 0.717) is 12.5 Å². The summed E-state index contributed by atoms with van der Waals surface area (Å²) in [4.78, 5) is 26.1. The zero-order chi connectivity index (χ0) is 12.6. The normalized spacial score (nSPS) is 31.1. The van der Waals surface area contributed by atoms with Crippen LogP contribution in [0.4, 0.5) is 0 Å². The van der Waals surface area contributed by atoms with E-state index in [-0.39, 0.29) is 18.4 Å². The molecule has 1 aliphatic carbocycles. The first kappa shape index (κ1) is 12.0. The van der Waals surface area contributed by atoms with E-state index in [4.69, 9.17) is 4.74 Å². The Bertz CT molecular complexity index is 357. The van der Waals surface area contributed by atoms with Gasteiger partial charge in [0.1, 0.15) is 5.54 Å². The molecule has 1 atom stereocenters. The van der Waals surface area contributed by atoms with E-state index in [0.717, 1.165) is 45.3 Å². The number of nitrogens with one attached hydrogen (secondary N) is 1. The summed E-state index contributed by atoms with van der Waals surface area (Å²) in [5, 5.41) is 2.93. The van der Waals surface area contributed by atoms with Crippen molar-refractivity contribution in [2.24, 2.45) is 5.92 Å². The largest absolute Gasteiger partial charge is 0.381 e. The van der Waals surface area contributed by atoms with Gasteiger partial charge in [0.2, 0.25) is 11.8 Å². The Balaban J connectivity index is 1.72. The first-order valence-corrected chi connectivity index (χ1v) is 6.88. The van der Waals surface area contributed by atoms with E-state index in [2.05, 4.69) is 5.32 Å². The lowest BCUT2D eigenvalue weighted by Gasteiger charge is -2.40. The fourth-order valence-corrected chi connectivity index (χ4v) is 3.41. The van der Waals surface area contributed by atoms with Crippen LogP contribution in [0.15, 0.2) is 0 Å². The van der Waals surface area contributed by atoms with Gasteiger partial charge < -0.3 is 15.0 Å². The molecule has 3 aliphatic rings. The molecule has 3 rings (SSSR count). The molecule has 1 saturated carbocycles. The predicted molar refractivity (Wildman–Crippen MR) is 64.8 cm³/mol. The van der Waals surface area contributed by atoms with Crippen LogP contribution in [0.1, 0.15) is 32.1 Å². The van der Waals surface area contributed by atoms with E-state index in [1.807, 2.05) is 0 Å². The molecule has 1 unspecified atom stereocenters. The van der Waals surface area contributed by atoms with E-state index in [1.54, 1.807) is 4.90 Å². The number of piperazine rings is 1. The molecule has 0 aromatic heterocycles. The van der Waals surface area contributed by atoms with Crippen LogP contribution in [-0.2, 0) is 14.3 Å². The van der Waals surface area contributed by atoms with Gasteiger partial charge in [0.05, 0.1) is 13.2 Å².